The van der Waals surface area contributed by atoms with Gasteiger partial charge in [0.15, 0.2) is 0 Å². The summed E-state index contributed by atoms with van der Waals surface area (Å²) in [5.74, 6) is 0.876. The van der Waals surface area contributed by atoms with E-state index in [9.17, 15) is 4.79 Å². The summed E-state index contributed by atoms with van der Waals surface area (Å²) in [5, 5.41) is 9.05. The molecule has 0 fully saturated rings. The van der Waals surface area contributed by atoms with Crippen LogP contribution in [0.5, 0.6) is 0 Å². The Morgan fingerprint density at radius 3 is 2.71 bits per heavy atom. The molecule has 2 aromatic heterocycles. The van der Waals surface area contributed by atoms with E-state index in [0.717, 1.165) is 29.0 Å². The lowest BCUT2D eigenvalue weighted by atomic mass is 10.2. The van der Waals surface area contributed by atoms with Crippen molar-refractivity contribution in [1.29, 1.82) is 0 Å². The standard InChI is InChI=1S/C22H21N5O/c28-22(20-12-17-8-4-5-9-19(17)24-20)26-10-11-27-18(15-26)13-21(25-27)23-14-16-6-2-1-3-7-16/h1-9,12-13,24H,10-11,14-15H2,(H,23,25). The third-order valence-electron chi connectivity index (χ3n) is 5.16. The predicted octanol–water partition coefficient (Wildman–Crippen LogP) is 3.63. The van der Waals surface area contributed by atoms with Gasteiger partial charge in [-0.1, -0.05) is 48.5 Å². The first-order chi connectivity index (χ1) is 13.8. The Kier molecular flexibility index (Phi) is 4.09. The summed E-state index contributed by atoms with van der Waals surface area (Å²) in [4.78, 5) is 18.1. The maximum absolute atomic E-state index is 12.9. The first-order valence-corrected chi connectivity index (χ1v) is 9.48. The third-order valence-corrected chi connectivity index (χ3v) is 5.16. The quantitative estimate of drug-likeness (QED) is 0.576. The van der Waals surface area contributed by atoms with Crippen LogP contribution in [0.3, 0.4) is 0 Å². The van der Waals surface area contributed by atoms with Gasteiger partial charge in [-0.2, -0.15) is 5.10 Å². The average molecular weight is 371 g/mol. The smallest absolute Gasteiger partial charge is 0.270 e. The van der Waals surface area contributed by atoms with E-state index in [4.69, 9.17) is 0 Å². The summed E-state index contributed by atoms with van der Waals surface area (Å²) in [5.41, 5.74) is 3.88. The summed E-state index contributed by atoms with van der Waals surface area (Å²) in [7, 11) is 0. The second kappa shape index (κ2) is 6.88. The van der Waals surface area contributed by atoms with Gasteiger partial charge >= 0.3 is 0 Å². The first kappa shape index (κ1) is 16.6. The maximum Gasteiger partial charge on any atom is 0.270 e. The van der Waals surface area contributed by atoms with E-state index in [1.807, 2.05) is 64.2 Å². The SMILES string of the molecule is O=C(c1cc2ccccc2[nH]1)N1CCn2nc(NCc3ccccc3)cc2C1. The molecular formula is C22H21N5O. The fourth-order valence-corrected chi connectivity index (χ4v) is 3.67. The summed E-state index contributed by atoms with van der Waals surface area (Å²) >= 11 is 0. The predicted molar refractivity (Wildman–Crippen MR) is 109 cm³/mol. The Labute approximate surface area is 162 Å². The number of fused-ring (bicyclic) bond motifs is 2. The fraction of sp³-hybridized carbons (Fsp3) is 0.182. The molecule has 2 aromatic carbocycles. The average Bonchev–Trinajstić information content (AvgIpc) is 3.35. The number of benzene rings is 2. The number of nitrogens with one attached hydrogen (secondary N) is 2. The molecule has 6 nitrogen and oxygen atoms in total. The van der Waals surface area contributed by atoms with Crippen molar-refractivity contribution in [2.75, 3.05) is 11.9 Å². The highest BCUT2D eigenvalue weighted by molar-refractivity contribution is 5.98. The Morgan fingerprint density at radius 2 is 1.86 bits per heavy atom. The van der Waals surface area contributed by atoms with Crippen LogP contribution in [-0.4, -0.2) is 32.1 Å². The Bertz CT molecular complexity index is 1100. The lowest BCUT2D eigenvalue weighted by Crippen LogP contribution is -2.38. The van der Waals surface area contributed by atoms with E-state index in [1.54, 1.807) is 0 Å². The topological polar surface area (TPSA) is 66.0 Å². The number of amides is 1. The maximum atomic E-state index is 12.9. The molecule has 0 saturated heterocycles. The summed E-state index contributed by atoms with van der Waals surface area (Å²) in [6, 6.07) is 22.2. The highest BCUT2D eigenvalue weighted by atomic mass is 16.2. The molecule has 28 heavy (non-hydrogen) atoms. The van der Waals surface area contributed by atoms with E-state index >= 15 is 0 Å². The number of H-pyrrole nitrogens is 1. The number of hydrogen-bond acceptors (Lipinski definition) is 3. The lowest BCUT2D eigenvalue weighted by molar-refractivity contribution is 0.0701. The van der Waals surface area contributed by atoms with E-state index < -0.39 is 0 Å². The van der Waals surface area contributed by atoms with Crippen LogP contribution in [0.25, 0.3) is 10.9 Å². The fourth-order valence-electron chi connectivity index (χ4n) is 3.67. The van der Waals surface area contributed by atoms with Crippen LogP contribution < -0.4 is 5.32 Å². The number of anilines is 1. The minimum atomic E-state index is 0.0300. The summed E-state index contributed by atoms with van der Waals surface area (Å²) in [6.07, 6.45) is 0. The van der Waals surface area contributed by atoms with Crippen molar-refractivity contribution < 1.29 is 4.79 Å². The highest BCUT2D eigenvalue weighted by Gasteiger charge is 2.24. The largest absolute Gasteiger partial charge is 0.365 e. The van der Waals surface area contributed by atoms with E-state index in [-0.39, 0.29) is 5.91 Å². The number of carbonyl (C=O) groups excluding carboxylic acids is 1. The van der Waals surface area contributed by atoms with Crippen molar-refractivity contribution in [1.82, 2.24) is 19.7 Å². The van der Waals surface area contributed by atoms with Crippen LogP contribution in [0.2, 0.25) is 0 Å². The number of rotatable bonds is 4. The summed E-state index contributed by atoms with van der Waals surface area (Å²) in [6.45, 7) is 2.65. The Balaban J connectivity index is 1.29. The van der Waals surface area contributed by atoms with Crippen molar-refractivity contribution in [2.24, 2.45) is 0 Å². The second-order valence-corrected chi connectivity index (χ2v) is 7.08. The van der Waals surface area contributed by atoms with E-state index in [0.29, 0.717) is 25.3 Å². The second-order valence-electron chi connectivity index (χ2n) is 7.08. The van der Waals surface area contributed by atoms with Gasteiger partial charge in [0.2, 0.25) is 0 Å². The number of carbonyl (C=O) groups is 1. The molecule has 5 rings (SSSR count). The first-order valence-electron chi connectivity index (χ1n) is 9.48. The summed E-state index contributed by atoms with van der Waals surface area (Å²) < 4.78 is 1.99. The van der Waals surface area contributed by atoms with Gasteiger partial charge in [-0.25, -0.2) is 0 Å². The zero-order chi connectivity index (χ0) is 18.9. The molecule has 0 aliphatic carbocycles. The van der Waals surface area contributed by atoms with E-state index in [1.165, 1.54) is 5.56 Å². The van der Waals surface area contributed by atoms with Crippen LogP contribution in [0.4, 0.5) is 5.82 Å². The molecule has 0 spiro atoms. The Hall–Kier alpha value is -3.54. The molecule has 0 radical (unpaired) electrons. The molecule has 0 saturated carbocycles. The molecule has 0 bridgehead atoms. The number of para-hydroxylation sites is 1. The van der Waals surface area contributed by atoms with Crippen LogP contribution >= 0.6 is 0 Å². The molecule has 1 aliphatic rings. The number of hydrogen-bond donors (Lipinski definition) is 2. The van der Waals surface area contributed by atoms with E-state index in [2.05, 4.69) is 27.5 Å². The van der Waals surface area contributed by atoms with Crippen molar-refractivity contribution >= 4 is 22.6 Å². The van der Waals surface area contributed by atoms with Crippen molar-refractivity contribution in [3.05, 3.63) is 83.7 Å². The molecular weight excluding hydrogens is 350 g/mol. The molecule has 140 valence electrons. The number of aromatic nitrogens is 3. The molecule has 1 aliphatic heterocycles. The molecule has 4 aromatic rings. The van der Waals surface area contributed by atoms with Gasteiger partial charge in [-0.3, -0.25) is 9.48 Å². The van der Waals surface area contributed by atoms with Gasteiger partial charge in [-0.05, 0) is 17.7 Å². The van der Waals surface area contributed by atoms with Crippen LogP contribution in [-0.2, 0) is 19.6 Å². The molecule has 0 unspecified atom stereocenters. The molecule has 2 N–H and O–H groups in total. The minimum Gasteiger partial charge on any atom is -0.365 e. The van der Waals surface area contributed by atoms with Gasteiger partial charge in [0, 0.05) is 30.1 Å². The molecule has 6 heteroatoms. The van der Waals surface area contributed by atoms with Crippen molar-refractivity contribution in [2.45, 2.75) is 19.6 Å². The Morgan fingerprint density at radius 1 is 1.04 bits per heavy atom. The van der Waals surface area contributed by atoms with Crippen LogP contribution in [0.1, 0.15) is 21.7 Å². The van der Waals surface area contributed by atoms with Gasteiger partial charge in [-0.15, -0.1) is 0 Å². The van der Waals surface area contributed by atoms with Gasteiger partial charge in [0.25, 0.3) is 5.91 Å². The monoisotopic (exact) mass is 371 g/mol. The van der Waals surface area contributed by atoms with Gasteiger partial charge in [0.1, 0.15) is 11.5 Å². The molecule has 3 heterocycles. The van der Waals surface area contributed by atoms with Gasteiger partial charge < -0.3 is 15.2 Å². The van der Waals surface area contributed by atoms with Gasteiger partial charge in [0.05, 0.1) is 18.8 Å². The zero-order valence-electron chi connectivity index (χ0n) is 15.4. The highest BCUT2D eigenvalue weighted by Crippen LogP contribution is 2.21. The normalized spacial score (nSPS) is 13.5. The lowest BCUT2D eigenvalue weighted by Gasteiger charge is -2.27. The van der Waals surface area contributed by atoms with Crippen molar-refractivity contribution in [3.8, 4) is 0 Å². The minimum absolute atomic E-state index is 0.0300. The molecule has 1 amide bonds. The number of aromatic amines is 1. The molecule has 0 atom stereocenters. The van der Waals surface area contributed by atoms with Crippen LogP contribution in [0, 0.1) is 0 Å². The third kappa shape index (κ3) is 3.13. The van der Waals surface area contributed by atoms with Crippen molar-refractivity contribution in [3.63, 3.8) is 0 Å². The zero-order valence-corrected chi connectivity index (χ0v) is 15.4. The number of nitrogens with zero attached hydrogens (tertiary/aromatic N) is 3. The van der Waals surface area contributed by atoms with Crippen LogP contribution in [0.15, 0.2) is 66.7 Å².